The lowest BCUT2D eigenvalue weighted by Crippen LogP contribution is -2.47. The molecule has 5 rings (SSSR count). The van der Waals surface area contributed by atoms with Crippen LogP contribution < -0.4 is 9.64 Å². The highest BCUT2D eigenvalue weighted by molar-refractivity contribution is 5.68. The highest BCUT2D eigenvalue weighted by atomic mass is 16.5. The second-order valence-electron chi connectivity index (χ2n) is 8.33. The quantitative estimate of drug-likeness (QED) is 0.791. The normalized spacial score (nSPS) is 23.8. The lowest BCUT2D eigenvalue weighted by molar-refractivity contribution is 0.191. The average molecular weight is 363 g/mol. The van der Waals surface area contributed by atoms with Gasteiger partial charge >= 0.3 is 0 Å². The van der Waals surface area contributed by atoms with Crippen LogP contribution in [0.4, 0.5) is 5.69 Å². The second kappa shape index (κ2) is 7.20. The fourth-order valence-corrected chi connectivity index (χ4v) is 5.64. The Hall–Kier alpha value is -2.00. The molecule has 3 heteroatoms. The van der Waals surface area contributed by atoms with Crippen LogP contribution in [0.25, 0.3) is 0 Å². The largest absolute Gasteiger partial charge is 0.496 e. The molecule has 142 valence electrons. The lowest BCUT2D eigenvalue weighted by atomic mass is 9.88. The molecule has 0 aliphatic carbocycles. The van der Waals surface area contributed by atoms with Crippen LogP contribution in [0.1, 0.15) is 41.9 Å². The fraction of sp³-hybridized carbons (Fsp3) is 0.500. The smallest absolute Gasteiger partial charge is 0.122 e. The summed E-state index contributed by atoms with van der Waals surface area (Å²) in [5.41, 5.74) is 6.17. The summed E-state index contributed by atoms with van der Waals surface area (Å²) in [4.78, 5) is 5.46. The van der Waals surface area contributed by atoms with E-state index in [1.165, 1.54) is 57.4 Å². The van der Waals surface area contributed by atoms with E-state index in [0.29, 0.717) is 5.92 Å². The third-order valence-corrected chi connectivity index (χ3v) is 6.86. The molecule has 27 heavy (non-hydrogen) atoms. The number of para-hydroxylation sites is 2. The Bertz CT molecular complexity index is 818. The SMILES string of the molecule is COc1ccccc1CCCN1CC[C@H]2[C@@H](C1)c1cccc3c1N2CCC3. The van der Waals surface area contributed by atoms with Crippen LogP contribution in [-0.4, -0.2) is 44.2 Å². The summed E-state index contributed by atoms with van der Waals surface area (Å²) in [5.74, 6) is 1.74. The van der Waals surface area contributed by atoms with Gasteiger partial charge in [0.25, 0.3) is 0 Å². The molecule has 0 spiro atoms. The van der Waals surface area contributed by atoms with Crippen molar-refractivity contribution in [2.45, 2.75) is 44.1 Å². The Morgan fingerprint density at radius 2 is 2.00 bits per heavy atom. The summed E-state index contributed by atoms with van der Waals surface area (Å²) in [6.45, 7) is 4.92. The van der Waals surface area contributed by atoms with Gasteiger partial charge < -0.3 is 14.5 Å². The van der Waals surface area contributed by atoms with Gasteiger partial charge in [0.05, 0.1) is 7.11 Å². The number of methoxy groups -OCH3 is 1. The zero-order valence-electron chi connectivity index (χ0n) is 16.4. The molecule has 3 aliphatic rings. The van der Waals surface area contributed by atoms with Gasteiger partial charge in [-0.1, -0.05) is 36.4 Å². The number of hydrogen-bond donors (Lipinski definition) is 0. The molecule has 1 fully saturated rings. The molecule has 0 aromatic heterocycles. The lowest BCUT2D eigenvalue weighted by Gasteiger charge is -2.40. The molecular formula is C24H30N2O. The van der Waals surface area contributed by atoms with Crippen LogP contribution >= 0.6 is 0 Å². The number of benzene rings is 2. The van der Waals surface area contributed by atoms with E-state index in [0.717, 1.165) is 18.2 Å². The van der Waals surface area contributed by atoms with Gasteiger partial charge in [0.15, 0.2) is 0 Å². The minimum absolute atomic E-state index is 0.707. The van der Waals surface area contributed by atoms with Gasteiger partial charge in [0, 0.05) is 37.3 Å². The van der Waals surface area contributed by atoms with E-state index in [4.69, 9.17) is 4.74 Å². The van der Waals surface area contributed by atoms with Gasteiger partial charge in [-0.25, -0.2) is 0 Å². The summed E-state index contributed by atoms with van der Waals surface area (Å²) < 4.78 is 5.51. The van der Waals surface area contributed by atoms with Crippen LogP contribution in [0.3, 0.4) is 0 Å². The molecule has 0 bridgehead atoms. The van der Waals surface area contributed by atoms with Gasteiger partial charge in [0.1, 0.15) is 5.75 Å². The summed E-state index contributed by atoms with van der Waals surface area (Å²) in [7, 11) is 1.77. The third-order valence-electron chi connectivity index (χ3n) is 6.86. The molecule has 0 saturated carbocycles. The third kappa shape index (κ3) is 3.02. The van der Waals surface area contributed by atoms with E-state index in [-0.39, 0.29) is 0 Å². The summed E-state index contributed by atoms with van der Waals surface area (Å²) in [5, 5.41) is 0. The molecule has 2 aromatic rings. The van der Waals surface area contributed by atoms with E-state index < -0.39 is 0 Å². The van der Waals surface area contributed by atoms with E-state index in [1.54, 1.807) is 23.9 Å². The minimum Gasteiger partial charge on any atom is -0.496 e. The first-order chi connectivity index (χ1) is 13.3. The number of piperidine rings is 1. The Balaban J connectivity index is 1.25. The van der Waals surface area contributed by atoms with Crippen LogP contribution in [-0.2, 0) is 12.8 Å². The molecule has 2 atom stereocenters. The zero-order valence-corrected chi connectivity index (χ0v) is 16.4. The highest BCUT2D eigenvalue weighted by Gasteiger charge is 2.43. The first-order valence-corrected chi connectivity index (χ1v) is 10.6. The standard InChI is InChI=1S/C24H30N2O/c1-27-23-12-3-2-7-18(23)9-5-14-25-16-13-22-21(17-25)20-11-4-8-19-10-6-15-26(22)24(19)20/h2-4,7-8,11-12,21-22H,5-6,9-10,13-17H2,1H3/t21-,22-/m0/s1. The van der Waals surface area contributed by atoms with Crippen molar-refractivity contribution in [3.05, 3.63) is 59.2 Å². The summed E-state index contributed by atoms with van der Waals surface area (Å²) >= 11 is 0. The van der Waals surface area contributed by atoms with Crippen molar-refractivity contribution < 1.29 is 4.74 Å². The second-order valence-corrected chi connectivity index (χ2v) is 8.33. The monoisotopic (exact) mass is 362 g/mol. The van der Waals surface area contributed by atoms with Gasteiger partial charge in [-0.05, 0) is 61.4 Å². The maximum atomic E-state index is 5.51. The number of anilines is 1. The predicted molar refractivity (Wildman–Crippen MR) is 111 cm³/mol. The average Bonchev–Trinajstić information content (AvgIpc) is 3.04. The van der Waals surface area contributed by atoms with Crippen molar-refractivity contribution in [2.24, 2.45) is 0 Å². The Kier molecular flexibility index (Phi) is 4.56. The molecule has 3 heterocycles. The van der Waals surface area contributed by atoms with Gasteiger partial charge in [-0.15, -0.1) is 0 Å². The van der Waals surface area contributed by atoms with E-state index in [9.17, 15) is 0 Å². The molecule has 0 unspecified atom stereocenters. The number of nitrogens with zero attached hydrogens (tertiary/aromatic N) is 2. The van der Waals surface area contributed by atoms with Crippen LogP contribution in [0, 0.1) is 0 Å². The van der Waals surface area contributed by atoms with Crippen molar-refractivity contribution in [3.8, 4) is 5.75 Å². The summed E-state index contributed by atoms with van der Waals surface area (Å²) in [6.07, 6.45) is 6.20. The molecular weight excluding hydrogens is 332 g/mol. The minimum atomic E-state index is 0.707. The van der Waals surface area contributed by atoms with Crippen LogP contribution in [0.15, 0.2) is 42.5 Å². The summed E-state index contributed by atoms with van der Waals surface area (Å²) in [6, 6.07) is 16.2. The van der Waals surface area contributed by atoms with Crippen LogP contribution in [0.2, 0.25) is 0 Å². The number of aryl methyl sites for hydroxylation is 2. The molecule has 0 amide bonds. The number of fused-ring (bicyclic) bond motifs is 3. The van der Waals surface area contributed by atoms with E-state index >= 15 is 0 Å². The topological polar surface area (TPSA) is 15.7 Å². The van der Waals surface area contributed by atoms with Gasteiger partial charge in [0.2, 0.25) is 0 Å². The Morgan fingerprint density at radius 3 is 2.93 bits per heavy atom. The van der Waals surface area contributed by atoms with Crippen LogP contribution in [0.5, 0.6) is 5.75 Å². The highest BCUT2D eigenvalue weighted by Crippen LogP contribution is 2.48. The van der Waals surface area contributed by atoms with Crippen molar-refractivity contribution in [3.63, 3.8) is 0 Å². The number of hydrogen-bond acceptors (Lipinski definition) is 3. The van der Waals surface area contributed by atoms with Crippen molar-refractivity contribution in [1.82, 2.24) is 4.90 Å². The van der Waals surface area contributed by atoms with Crippen molar-refractivity contribution in [1.29, 1.82) is 0 Å². The molecule has 1 saturated heterocycles. The number of rotatable bonds is 5. The Labute approximate surface area is 162 Å². The first-order valence-electron chi connectivity index (χ1n) is 10.6. The maximum absolute atomic E-state index is 5.51. The molecule has 3 nitrogen and oxygen atoms in total. The zero-order chi connectivity index (χ0) is 18.2. The number of ether oxygens (including phenoxy) is 1. The van der Waals surface area contributed by atoms with Gasteiger partial charge in [-0.2, -0.15) is 0 Å². The van der Waals surface area contributed by atoms with E-state index in [2.05, 4.69) is 52.3 Å². The fourth-order valence-electron chi connectivity index (χ4n) is 5.64. The van der Waals surface area contributed by atoms with Gasteiger partial charge in [-0.3, -0.25) is 0 Å². The van der Waals surface area contributed by atoms with Crippen molar-refractivity contribution in [2.75, 3.05) is 38.2 Å². The van der Waals surface area contributed by atoms with E-state index in [1.807, 2.05) is 0 Å². The molecule has 0 radical (unpaired) electrons. The molecule has 3 aliphatic heterocycles. The predicted octanol–water partition coefficient (Wildman–Crippen LogP) is 4.25. The number of likely N-dealkylation sites (tertiary alicyclic amines) is 1. The maximum Gasteiger partial charge on any atom is 0.122 e. The first kappa shape index (κ1) is 17.1. The van der Waals surface area contributed by atoms with Crippen molar-refractivity contribution >= 4 is 5.69 Å². The molecule has 0 N–H and O–H groups in total. The Morgan fingerprint density at radius 1 is 1.07 bits per heavy atom. The molecule has 2 aromatic carbocycles.